The Kier molecular flexibility index (Phi) is 10.2. The zero-order valence-electron chi connectivity index (χ0n) is 22.0. The van der Waals surface area contributed by atoms with E-state index in [9.17, 15) is 4.79 Å². The predicted octanol–water partition coefficient (Wildman–Crippen LogP) is 7.10. The van der Waals surface area contributed by atoms with Gasteiger partial charge in [-0.05, 0) is 40.7 Å². The second-order valence-corrected chi connectivity index (χ2v) is 11.5. The molecule has 4 nitrogen and oxygen atoms in total. The fraction of sp³-hybridized carbons (Fsp3) is 0.387. The number of thioether (sulfide) groups is 1. The third-order valence-electron chi connectivity index (χ3n) is 5.98. The predicted molar refractivity (Wildman–Crippen MR) is 149 cm³/mol. The molecule has 0 aromatic heterocycles. The van der Waals surface area contributed by atoms with Gasteiger partial charge in [-0.15, -0.1) is 0 Å². The van der Waals surface area contributed by atoms with E-state index in [-0.39, 0.29) is 15.8 Å². The Morgan fingerprint density at radius 3 is 1.81 bits per heavy atom. The minimum atomic E-state index is -0.865. The van der Waals surface area contributed by atoms with Gasteiger partial charge in [0.15, 0.2) is 5.12 Å². The van der Waals surface area contributed by atoms with E-state index < -0.39 is 5.60 Å². The molecule has 3 aromatic rings. The number of carbonyl (C=O) groups excluding carboxylic acids is 1. The van der Waals surface area contributed by atoms with E-state index in [0.29, 0.717) is 19.8 Å². The van der Waals surface area contributed by atoms with Gasteiger partial charge in [0, 0.05) is 13.5 Å². The summed E-state index contributed by atoms with van der Waals surface area (Å²) in [6, 6.07) is 28.5. The summed E-state index contributed by atoms with van der Waals surface area (Å²) >= 11 is 1.28. The maximum atomic E-state index is 12.1. The van der Waals surface area contributed by atoms with Gasteiger partial charge in [0.05, 0.1) is 25.6 Å². The van der Waals surface area contributed by atoms with Crippen LogP contribution >= 0.6 is 11.8 Å². The van der Waals surface area contributed by atoms with E-state index in [1.54, 1.807) is 14.0 Å². The van der Waals surface area contributed by atoms with Gasteiger partial charge in [-0.3, -0.25) is 4.79 Å². The number of benzene rings is 3. The van der Waals surface area contributed by atoms with Crippen molar-refractivity contribution in [2.75, 3.05) is 26.9 Å². The van der Waals surface area contributed by atoms with Crippen LogP contribution in [-0.4, -0.2) is 37.3 Å². The first-order valence-corrected chi connectivity index (χ1v) is 13.3. The summed E-state index contributed by atoms with van der Waals surface area (Å²) in [6.07, 6.45) is 0.954. The molecule has 0 saturated heterocycles. The highest BCUT2D eigenvalue weighted by Crippen LogP contribution is 2.41. The molecule has 192 valence electrons. The second kappa shape index (κ2) is 13.1. The Morgan fingerprint density at radius 1 is 0.806 bits per heavy atom. The number of ether oxygens (including phenoxy) is 3. The Labute approximate surface area is 220 Å². The standard InChI is InChI=1S/C31H38O4S/c1-24(32)36-29(22-34-21-20-30(2,3)4)23-35-31(25-12-8-6-9-13-25,26-14-10-7-11-15-26)27-16-18-28(33-5)19-17-27/h6-19,29H,20-23H2,1-5H3/t29-/m1/s1. The molecule has 0 amide bonds. The summed E-state index contributed by atoms with van der Waals surface area (Å²) in [6.45, 7) is 9.63. The molecule has 0 aliphatic heterocycles. The lowest BCUT2D eigenvalue weighted by atomic mass is 9.80. The van der Waals surface area contributed by atoms with Crippen molar-refractivity contribution in [3.05, 3.63) is 102 Å². The van der Waals surface area contributed by atoms with Crippen molar-refractivity contribution in [3.63, 3.8) is 0 Å². The van der Waals surface area contributed by atoms with Gasteiger partial charge in [-0.2, -0.15) is 0 Å². The topological polar surface area (TPSA) is 44.8 Å². The first-order chi connectivity index (χ1) is 17.2. The number of hydrogen-bond acceptors (Lipinski definition) is 5. The Bertz CT molecular complexity index is 1020. The summed E-state index contributed by atoms with van der Waals surface area (Å²) in [4.78, 5) is 12.1. The zero-order chi connectivity index (χ0) is 26.0. The first-order valence-electron chi connectivity index (χ1n) is 12.4. The minimum absolute atomic E-state index is 0.0532. The zero-order valence-corrected chi connectivity index (χ0v) is 22.8. The summed E-state index contributed by atoms with van der Waals surface area (Å²) in [5, 5.41) is -0.0787. The van der Waals surface area contributed by atoms with E-state index in [4.69, 9.17) is 14.2 Å². The Balaban J connectivity index is 1.98. The van der Waals surface area contributed by atoms with Crippen LogP contribution in [0, 0.1) is 5.41 Å². The van der Waals surface area contributed by atoms with Crippen LogP contribution in [0.5, 0.6) is 5.75 Å². The molecule has 0 unspecified atom stereocenters. The molecular weight excluding hydrogens is 468 g/mol. The van der Waals surface area contributed by atoms with Crippen LogP contribution in [0.25, 0.3) is 0 Å². The normalized spacial score (nSPS) is 12.8. The molecule has 0 aliphatic carbocycles. The second-order valence-electron chi connectivity index (χ2n) is 10.1. The molecule has 5 heteroatoms. The lowest BCUT2D eigenvalue weighted by Crippen LogP contribution is -2.36. The summed E-state index contributed by atoms with van der Waals surface area (Å²) in [5.41, 5.74) is 2.35. The van der Waals surface area contributed by atoms with Crippen molar-refractivity contribution >= 4 is 16.9 Å². The molecule has 0 fully saturated rings. The third kappa shape index (κ3) is 7.70. The van der Waals surface area contributed by atoms with Crippen molar-refractivity contribution in [2.24, 2.45) is 5.41 Å². The van der Waals surface area contributed by atoms with Crippen LogP contribution in [-0.2, 0) is 19.9 Å². The molecule has 3 aromatic carbocycles. The van der Waals surface area contributed by atoms with Crippen LogP contribution < -0.4 is 4.74 Å². The molecule has 0 bridgehead atoms. The van der Waals surface area contributed by atoms with Gasteiger partial charge in [-0.25, -0.2) is 0 Å². The molecule has 3 rings (SSSR count). The lowest BCUT2D eigenvalue weighted by Gasteiger charge is -2.37. The van der Waals surface area contributed by atoms with Crippen molar-refractivity contribution in [3.8, 4) is 5.75 Å². The largest absolute Gasteiger partial charge is 0.497 e. The maximum Gasteiger partial charge on any atom is 0.186 e. The van der Waals surface area contributed by atoms with Crippen LogP contribution in [0.15, 0.2) is 84.9 Å². The van der Waals surface area contributed by atoms with Crippen molar-refractivity contribution < 1.29 is 19.0 Å². The van der Waals surface area contributed by atoms with E-state index in [2.05, 4.69) is 45.0 Å². The van der Waals surface area contributed by atoms with Crippen molar-refractivity contribution in [2.45, 2.75) is 45.0 Å². The monoisotopic (exact) mass is 506 g/mol. The number of methoxy groups -OCH3 is 1. The van der Waals surface area contributed by atoms with Gasteiger partial charge in [0.1, 0.15) is 11.4 Å². The maximum absolute atomic E-state index is 12.1. The average Bonchev–Trinajstić information content (AvgIpc) is 2.87. The van der Waals surface area contributed by atoms with E-state index >= 15 is 0 Å². The molecule has 0 radical (unpaired) electrons. The number of rotatable bonds is 12. The summed E-state index contributed by atoms with van der Waals surface area (Å²) < 4.78 is 18.4. The van der Waals surface area contributed by atoms with Gasteiger partial charge >= 0.3 is 0 Å². The molecule has 0 N–H and O–H groups in total. The fourth-order valence-electron chi connectivity index (χ4n) is 4.08. The van der Waals surface area contributed by atoms with Crippen LogP contribution in [0.3, 0.4) is 0 Å². The summed E-state index contributed by atoms with van der Waals surface area (Å²) in [5.74, 6) is 0.783. The molecular formula is C31H38O4S. The molecule has 0 saturated carbocycles. The fourth-order valence-corrected chi connectivity index (χ4v) is 4.85. The molecule has 0 heterocycles. The highest BCUT2D eigenvalue weighted by molar-refractivity contribution is 8.14. The number of carbonyl (C=O) groups is 1. The SMILES string of the molecule is COc1ccc(C(OC[C@@H](COCCC(C)(C)C)SC(C)=O)(c2ccccc2)c2ccccc2)cc1. The Hall–Kier alpha value is -2.60. The van der Waals surface area contributed by atoms with E-state index in [0.717, 1.165) is 28.9 Å². The lowest BCUT2D eigenvalue weighted by molar-refractivity contribution is -0.109. The Morgan fingerprint density at radius 2 is 1.33 bits per heavy atom. The van der Waals surface area contributed by atoms with Gasteiger partial charge < -0.3 is 14.2 Å². The van der Waals surface area contributed by atoms with Crippen LogP contribution in [0.1, 0.15) is 50.8 Å². The smallest absolute Gasteiger partial charge is 0.186 e. The van der Waals surface area contributed by atoms with Crippen molar-refractivity contribution in [1.82, 2.24) is 0 Å². The van der Waals surface area contributed by atoms with Crippen molar-refractivity contribution in [1.29, 1.82) is 0 Å². The highest BCUT2D eigenvalue weighted by Gasteiger charge is 2.38. The third-order valence-corrected chi connectivity index (χ3v) is 6.91. The molecule has 1 atom stereocenters. The average molecular weight is 507 g/mol. The van der Waals surface area contributed by atoms with Gasteiger partial charge in [0.25, 0.3) is 0 Å². The molecule has 0 aliphatic rings. The minimum Gasteiger partial charge on any atom is -0.497 e. The van der Waals surface area contributed by atoms with Gasteiger partial charge in [0.2, 0.25) is 0 Å². The van der Waals surface area contributed by atoms with Crippen LogP contribution in [0.4, 0.5) is 0 Å². The van der Waals surface area contributed by atoms with E-state index in [1.165, 1.54) is 11.8 Å². The summed E-state index contributed by atoms with van der Waals surface area (Å²) in [7, 11) is 1.66. The highest BCUT2D eigenvalue weighted by atomic mass is 32.2. The first kappa shape index (κ1) is 28.0. The molecule has 36 heavy (non-hydrogen) atoms. The van der Waals surface area contributed by atoms with E-state index in [1.807, 2.05) is 60.7 Å². The van der Waals surface area contributed by atoms with Crippen LogP contribution in [0.2, 0.25) is 0 Å². The number of hydrogen-bond donors (Lipinski definition) is 0. The van der Waals surface area contributed by atoms with Gasteiger partial charge in [-0.1, -0.05) is 105 Å². The molecule has 0 spiro atoms. The quantitative estimate of drug-likeness (QED) is 0.194.